The molecule has 9 nitrogen and oxygen atoms in total. The maximum absolute atomic E-state index is 16.0. The molecule has 11 heteroatoms. The summed E-state index contributed by atoms with van der Waals surface area (Å²) in [7, 11) is 0. The van der Waals surface area contributed by atoms with E-state index in [9.17, 15) is 14.7 Å². The Morgan fingerprint density at radius 1 is 1.08 bits per heavy atom. The van der Waals surface area contributed by atoms with Crippen LogP contribution in [0.5, 0.6) is 11.5 Å². The Morgan fingerprint density at radius 3 is 2.55 bits per heavy atom. The number of aromatic nitrogens is 2. The van der Waals surface area contributed by atoms with Gasteiger partial charge in [-0.15, -0.1) is 0 Å². The number of nitrogens with zero attached hydrogens (tertiary/aromatic N) is 4. The number of amides is 1. The molecule has 1 aliphatic rings. The number of benzene rings is 4. The molecule has 0 spiro atoms. The molecule has 1 aliphatic heterocycles. The zero-order valence-corrected chi connectivity index (χ0v) is 31.0. The van der Waals surface area contributed by atoms with Crippen LogP contribution in [0.1, 0.15) is 43.4 Å². The molecule has 1 atom stereocenters. The molecule has 1 aromatic heterocycles. The summed E-state index contributed by atoms with van der Waals surface area (Å²) in [5.41, 5.74) is 3.91. The van der Waals surface area contributed by atoms with E-state index in [0.717, 1.165) is 29.5 Å². The molecule has 2 heterocycles. The van der Waals surface area contributed by atoms with Gasteiger partial charge in [0.1, 0.15) is 23.1 Å². The number of carbonyl (C=O) groups excluding carboxylic acids is 1. The lowest BCUT2D eigenvalue weighted by atomic mass is 10.0. The number of para-hydroxylation sites is 1. The summed E-state index contributed by atoms with van der Waals surface area (Å²) in [6.07, 6.45) is 3.44. The minimum Gasteiger partial charge on any atom is -0.507 e. The van der Waals surface area contributed by atoms with Crippen molar-refractivity contribution in [2.45, 2.75) is 52.7 Å². The van der Waals surface area contributed by atoms with Gasteiger partial charge in [-0.05, 0) is 61.2 Å². The number of anilines is 1. The van der Waals surface area contributed by atoms with Crippen molar-refractivity contribution in [3.63, 3.8) is 0 Å². The second kappa shape index (κ2) is 16.7. The molecule has 1 amide bonds. The zero-order chi connectivity index (χ0) is 37.6. The highest BCUT2D eigenvalue weighted by atomic mass is 35.5. The lowest BCUT2D eigenvalue weighted by Crippen LogP contribution is -2.54. The van der Waals surface area contributed by atoms with E-state index < -0.39 is 11.5 Å². The summed E-state index contributed by atoms with van der Waals surface area (Å²) in [5, 5.41) is 12.0. The molecule has 1 saturated heterocycles. The molecular weight excluding hydrogens is 695 g/mol. The summed E-state index contributed by atoms with van der Waals surface area (Å²) in [4.78, 5) is 34.8. The second-order valence-corrected chi connectivity index (χ2v) is 13.7. The van der Waals surface area contributed by atoms with Crippen LogP contribution in [0.25, 0.3) is 27.7 Å². The molecule has 276 valence electrons. The molecule has 6 rings (SSSR count). The van der Waals surface area contributed by atoms with Gasteiger partial charge in [0.2, 0.25) is 5.91 Å². The van der Waals surface area contributed by atoms with Gasteiger partial charge < -0.3 is 24.4 Å². The van der Waals surface area contributed by atoms with Gasteiger partial charge in [-0.3, -0.25) is 9.36 Å². The predicted octanol–water partition coefficient (Wildman–Crippen LogP) is 8.02. The number of rotatable bonds is 13. The highest BCUT2D eigenvalue weighted by molar-refractivity contribution is 6.34. The molecule has 0 unspecified atom stereocenters. The van der Waals surface area contributed by atoms with Gasteiger partial charge >= 0.3 is 5.69 Å². The van der Waals surface area contributed by atoms with Gasteiger partial charge in [-0.1, -0.05) is 74.0 Å². The van der Waals surface area contributed by atoms with Crippen molar-refractivity contribution in [1.29, 1.82) is 0 Å². The van der Waals surface area contributed by atoms with Crippen LogP contribution in [0.3, 0.4) is 0 Å². The van der Waals surface area contributed by atoms with Crippen LogP contribution in [0.15, 0.2) is 90.2 Å². The predicted molar refractivity (Wildman–Crippen MR) is 208 cm³/mol. The van der Waals surface area contributed by atoms with Crippen LogP contribution >= 0.6 is 11.6 Å². The number of carbonyl (C=O) groups is 1. The van der Waals surface area contributed by atoms with Gasteiger partial charge in [0.05, 0.1) is 36.6 Å². The van der Waals surface area contributed by atoms with Crippen molar-refractivity contribution >= 4 is 34.2 Å². The van der Waals surface area contributed by atoms with Crippen molar-refractivity contribution in [3.05, 3.63) is 123 Å². The topological polar surface area (TPSA) is 97.1 Å². The highest BCUT2D eigenvalue weighted by Gasteiger charge is 2.30. The lowest BCUT2D eigenvalue weighted by Gasteiger charge is -2.40. The fraction of sp³-hybridized carbons (Fsp3) is 0.310. The summed E-state index contributed by atoms with van der Waals surface area (Å²) in [5.74, 6) is -0.672. The molecule has 53 heavy (non-hydrogen) atoms. The van der Waals surface area contributed by atoms with Crippen LogP contribution in [0, 0.1) is 12.7 Å². The number of aryl methyl sites for hydroxylation is 2. The largest absolute Gasteiger partial charge is 0.507 e. The van der Waals surface area contributed by atoms with Crippen molar-refractivity contribution in [1.82, 2.24) is 14.5 Å². The number of phenols is 1. The van der Waals surface area contributed by atoms with E-state index >= 15 is 4.39 Å². The van der Waals surface area contributed by atoms with Gasteiger partial charge in [-0.25, -0.2) is 9.18 Å². The molecule has 1 N–H and O–H groups in total. The number of piperazine rings is 1. The number of ether oxygens (including phenoxy) is 2. The maximum Gasteiger partial charge on any atom is 0.354 e. The molecule has 5 aromatic rings. The molecule has 4 aromatic carbocycles. The van der Waals surface area contributed by atoms with Gasteiger partial charge in [-0.2, -0.15) is 4.98 Å². The van der Waals surface area contributed by atoms with Gasteiger partial charge in [0, 0.05) is 60.2 Å². The first-order chi connectivity index (χ1) is 25.6. The lowest BCUT2D eigenvalue weighted by molar-refractivity contribution is -0.126. The van der Waals surface area contributed by atoms with Crippen LogP contribution in [0.4, 0.5) is 10.2 Å². The number of halogens is 2. The fourth-order valence-corrected chi connectivity index (χ4v) is 7.17. The summed E-state index contributed by atoms with van der Waals surface area (Å²) in [6, 6.07) is 21.3. The van der Waals surface area contributed by atoms with Crippen molar-refractivity contribution in [2.75, 3.05) is 37.7 Å². The molecule has 0 bridgehead atoms. The number of aromatic hydroxyl groups is 1. The van der Waals surface area contributed by atoms with Crippen LogP contribution in [0.2, 0.25) is 5.02 Å². The Bertz CT molecular complexity index is 2180. The minimum atomic E-state index is -0.733. The first-order valence-corrected chi connectivity index (χ1v) is 18.3. The Labute approximate surface area is 313 Å². The van der Waals surface area contributed by atoms with Crippen LogP contribution in [-0.2, 0) is 22.6 Å². The SMILES string of the molecule is C=CC(=O)N1CCN(c2nc(=O)n(-c3ccccc3CCC)c3cc(-c4c(O)cc(OCCCOCc5ccccc5C)cc4F)c(Cl)cc23)[C@@H](C)C1. The monoisotopic (exact) mass is 738 g/mol. The van der Waals surface area contributed by atoms with E-state index in [4.69, 9.17) is 21.1 Å². The van der Waals surface area contributed by atoms with Crippen molar-refractivity contribution in [2.24, 2.45) is 0 Å². The van der Waals surface area contributed by atoms with Gasteiger partial charge in [0.25, 0.3) is 0 Å². The highest BCUT2D eigenvalue weighted by Crippen LogP contribution is 2.42. The van der Waals surface area contributed by atoms with Crippen molar-refractivity contribution < 1.29 is 23.8 Å². The average Bonchev–Trinajstić information content (AvgIpc) is 3.14. The first kappa shape index (κ1) is 37.6. The van der Waals surface area contributed by atoms with E-state index in [1.165, 1.54) is 22.8 Å². The summed E-state index contributed by atoms with van der Waals surface area (Å²) in [6.45, 7) is 12.1. The van der Waals surface area contributed by atoms with Crippen LogP contribution in [-0.4, -0.2) is 64.4 Å². The molecule has 0 saturated carbocycles. The number of hydrogen-bond acceptors (Lipinski definition) is 7. The standard InChI is InChI=1S/C42H44ClFN4O5/c1-5-12-29-14-9-10-16-36(29)48-37-24-32(34(43)23-33(37)41(45-42(48)51)47-18-17-46(25-28(47)4)39(50)6-2)40-35(44)21-31(22-38(40)49)53-20-11-19-52-26-30-15-8-7-13-27(30)3/h6-10,13-16,21-24,28,49H,2,5,11-12,17-20,25-26H2,1,3-4H3/t28-/m0/s1. The van der Waals surface area contributed by atoms with Crippen LogP contribution < -0.4 is 15.3 Å². The van der Waals surface area contributed by atoms with E-state index in [1.54, 1.807) is 17.0 Å². The zero-order valence-electron chi connectivity index (χ0n) is 30.3. The Morgan fingerprint density at radius 2 is 1.83 bits per heavy atom. The molecule has 1 fully saturated rings. The van der Waals surface area contributed by atoms with Gasteiger partial charge in [0.15, 0.2) is 0 Å². The Balaban J connectivity index is 1.34. The normalized spacial score (nSPS) is 14.5. The van der Waals surface area contributed by atoms with E-state index in [2.05, 4.69) is 18.5 Å². The third kappa shape index (κ3) is 8.09. The third-order valence-electron chi connectivity index (χ3n) is 9.63. The summed E-state index contributed by atoms with van der Waals surface area (Å²) >= 11 is 6.94. The third-order valence-corrected chi connectivity index (χ3v) is 9.94. The van der Waals surface area contributed by atoms with E-state index in [1.807, 2.05) is 67.3 Å². The summed E-state index contributed by atoms with van der Waals surface area (Å²) < 4.78 is 29.1. The molecular formula is C42H44ClFN4O5. The number of hydrogen-bond donors (Lipinski definition) is 1. The van der Waals surface area contributed by atoms with E-state index in [0.29, 0.717) is 61.7 Å². The van der Waals surface area contributed by atoms with Crippen molar-refractivity contribution in [3.8, 4) is 28.3 Å². The first-order valence-electron chi connectivity index (χ1n) is 17.9. The van der Waals surface area contributed by atoms with E-state index in [-0.39, 0.29) is 46.2 Å². The molecule has 0 radical (unpaired) electrons. The minimum absolute atomic E-state index is 0.116. The number of fused-ring (bicyclic) bond motifs is 1. The number of phenolic OH excluding ortho intramolecular Hbond substituents is 1. The fourth-order valence-electron chi connectivity index (χ4n) is 6.91. The smallest absolute Gasteiger partial charge is 0.354 e. The molecule has 0 aliphatic carbocycles. The Hall–Kier alpha value is -5.19. The average molecular weight is 739 g/mol. The quantitative estimate of drug-likeness (QED) is 0.0966. The second-order valence-electron chi connectivity index (χ2n) is 13.3. The Kier molecular flexibility index (Phi) is 11.8. The maximum atomic E-state index is 16.0.